The minimum absolute atomic E-state index is 0. The van der Waals surface area contributed by atoms with E-state index in [1.165, 1.54) is 12.2 Å². The van der Waals surface area contributed by atoms with Crippen LogP contribution in [0.4, 0.5) is 0 Å². The fraction of sp³-hybridized carbons (Fsp3) is 0.250. The summed E-state index contributed by atoms with van der Waals surface area (Å²) in [7, 11) is 0. The average molecular weight is 194 g/mol. The minimum Gasteiger partial charge on any atom is -0.545 e. The molecule has 68 valence electrons. The summed E-state index contributed by atoms with van der Waals surface area (Å²) in [6.45, 7) is 3.24. The number of rotatable bonds is 2. The van der Waals surface area contributed by atoms with Crippen LogP contribution in [0.1, 0.15) is 13.8 Å². The van der Waals surface area contributed by atoms with Gasteiger partial charge >= 0.3 is 23.1 Å². The van der Waals surface area contributed by atoms with Crippen LogP contribution in [-0.2, 0) is 9.59 Å². The molecule has 0 aliphatic rings. The smallest absolute Gasteiger partial charge is 0.545 e. The van der Waals surface area contributed by atoms with Crippen molar-refractivity contribution in [3.63, 3.8) is 0 Å². The van der Waals surface area contributed by atoms with Gasteiger partial charge in [0.1, 0.15) is 0 Å². The Kier molecular flexibility index (Phi) is 19.1. The van der Waals surface area contributed by atoms with Gasteiger partial charge in [0.15, 0.2) is 0 Å². The number of hydrogen-bond donors (Lipinski definition) is 0. The number of allylic oxidation sites excluding steroid dienone is 2. The van der Waals surface area contributed by atoms with Gasteiger partial charge in [-0.05, 0) is 26.0 Å². The first-order valence-electron chi connectivity index (χ1n) is 3.22. The first kappa shape index (κ1) is 18.1. The van der Waals surface area contributed by atoms with E-state index in [0.717, 1.165) is 12.2 Å². The number of aliphatic carboxylic acids is 2. The molecule has 13 heavy (non-hydrogen) atoms. The van der Waals surface area contributed by atoms with Gasteiger partial charge in [-0.15, -0.1) is 0 Å². The molecule has 0 saturated carbocycles. The Morgan fingerprint density at radius 2 is 1.15 bits per heavy atom. The third-order valence-corrected chi connectivity index (χ3v) is 0.605. The molecule has 0 heterocycles. The van der Waals surface area contributed by atoms with Gasteiger partial charge in [0.05, 0.1) is 11.9 Å². The maximum Gasteiger partial charge on any atom is 2.00 e. The van der Waals surface area contributed by atoms with Gasteiger partial charge in [-0.25, -0.2) is 0 Å². The van der Waals surface area contributed by atoms with E-state index in [0.29, 0.717) is 0 Å². The van der Waals surface area contributed by atoms with Gasteiger partial charge in [0, 0.05) is 0 Å². The van der Waals surface area contributed by atoms with Crippen molar-refractivity contribution in [2.75, 3.05) is 0 Å². The van der Waals surface area contributed by atoms with Crippen LogP contribution in [-0.4, -0.2) is 35.0 Å². The quantitative estimate of drug-likeness (QED) is 0.385. The van der Waals surface area contributed by atoms with Gasteiger partial charge < -0.3 is 19.8 Å². The first-order valence-corrected chi connectivity index (χ1v) is 3.22. The molecular weight excluding hydrogens is 184 g/mol. The predicted octanol–water partition coefficient (Wildman–Crippen LogP) is -1.76. The molecule has 0 bridgehead atoms. The number of hydrogen-bond acceptors (Lipinski definition) is 4. The average Bonchev–Trinajstić information content (AvgIpc) is 1.87. The zero-order chi connectivity index (χ0) is 9.98. The second-order valence-corrected chi connectivity index (χ2v) is 1.64. The number of carboxylic acids is 2. The molecule has 0 N–H and O–H groups in total. The molecule has 5 heteroatoms. The molecule has 0 spiro atoms. The Morgan fingerprint density at radius 3 is 1.15 bits per heavy atom. The largest absolute Gasteiger partial charge is 2.00 e. The van der Waals surface area contributed by atoms with E-state index in [1.807, 2.05) is 0 Å². The predicted molar refractivity (Wildman–Crippen MR) is 45.4 cm³/mol. The van der Waals surface area contributed by atoms with E-state index >= 15 is 0 Å². The van der Waals surface area contributed by atoms with Crippen molar-refractivity contribution in [2.24, 2.45) is 0 Å². The summed E-state index contributed by atoms with van der Waals surface area (Å²) in [4.78, 5) is 18.8. The number of carbonyl (C=O) groups excluding carboxylic acids is 2. The van der Waals surface area contributed by atoms with Crippen LogP contribution in [0, 0.1) is 0 Å². The molecule has 4 nitrogen and oxygen atoms in total. The summed E-state index contributed by atoms with van der Waals surface area (Å²) in [5.41, 5.74) is 0. The van der Waals surface area contributed by atoms with Crippen molar-refractivity contribution >= 4 is 35.0 Å². The van der Waals surface area contributed by atoms with Crippen LogP contribution in [0.2, 0.25) is 0 Å². The van der Waals surface area contributed by atoms with Crippen molar-refractivity contribution in [1.29, 1.82) is 0 Å². The molecule has 0 aliphatic heterocycles. The Morgan fingerprint density at radius 1 is 0.923 bits per heavy atom. The molecule has 0 radical (unpaired) electrons. The molecule has 0 aromatic rings. The fourth-order valence-electron chi connectivity index (χ4n) is 0.272. The van der Waals surface area contributed by atoms with Gasteiger partial charge in [-0.3, -0.25) is 0 Å². The van der Waals surface area contributed by atoms with Crippen molar-refractivity contribution in [3.05, 3.63) is 24.3 Å². The summed E-state index contributed by atoms with van der Waals surface area (Å²) in [5.74, 6) is -2.28. The van der Waals surface area contributed by atoms with E-state index in [4.69, 9.17) is 0 Å². The van der Waals surface area contributed by atoms with Crippen molar-refractivity contribution in [2.45, 2.75) is 13.8 Å². The molecule has 0 unspecified atom stereocenters. The van der Waals surface area contributed by atoms with Crippen molar-refractivity contribution in [3.8, 4) is 0 Å². The van der Waals surface area contributed by atoms with E-state index in [-0.39, 0.29) is 23.1 Å². The summed E-state index contributed by atoms with van der Waals surface area (Å²) in [5, 5.41) is 18.8. The Labute approximate surface area is 93.1 Å². The monoisotopic (exact) mass is 194 g/mol. The Bertz CT molecular complexity index is 174. The van der Waals surface area contributed by atoms with Crippen LogP contribution in [0.25, 0.3) is 0 Å². The molecule has 0 saturated heterocycles. The summed E-state index contributed by atoms with van der Waals surface area (Å²) < 4.78 is 0. The van der Waals surface area contributed by atoms with E-state index < -0.39 is 11.9 Å². The summed E-state index contributed by atoms with van der Waals surface area (Å²) in [6, 6.07) is 0. The Balaban J connectivity index is -0.000000143. The maximum absolute atomic E-state index is 9.40. The van der Waals surface area contributed by atoms with Gasteiger partial charge in [-0.1, -0.05) is 12.2 Å². The zero-order valence-electron chi connectivity index (χ0n) is 7.65. The molecule has 0 amide bonds. The van der Waals surface area contributed by atoms with Gasteiger partial charge in [0.25, 0.3) is 0 Å². The molecular formula is C8H10MgO4. The molecule has 0 fully saturated rings. The third kappa shape index (κ3) is 35.1. The molecule has 0 aromatic carbocycles. The van der Waals surface area contributed by atoms with Crippen LogP contribution in [0.3, 0.4) is 0 Å². The second-order valence-electron chi connectivity index (χ2n) is 1.64. The van der Waals surface area contributed by atoms with E-state index in [9.17, 15) is 19.8 Å². The molecule has 0 rings (SSSR count). The summed E-state index contributed by atoms with van der Waals surface area (Å²) >= 11 is 0. The zero-order valence-corrected chi connectivity index (χ0v) is 9.06. The van der Waals surface area contributed by atoms with Gasteiger partial charge in [0.2, 0.25) is 0 Å². The topological polar surface area (TPSA) is 80.3 Å². The first-order chi connectivity index (χ1) is 5.54. The van der Waals surface area contributed by atoms with Crippen molar-refractivity contribution in [1.82, 2.24) is 0 Å². The molecule has 0 atom stereocenters. The standard InChI is InChI=1S/2C4H6O2.Mg/c2*1-2-3-4(5)6;/h2*2-3H,1H3,(H,5,6);/q;;+2/p-2. The Hall–Kier alpha value is -0.814. The normalized spacial score (nSPS) is 8.77. The SMILES string of the molecule is CC=CC(=O)[O-].CC=CC(=O)[O-].[Mg+2]. The van der Waals surface area contributed by atoms with Crippen molar-refractivity contribution < 1.29 is 19.8 Å². The number of carboxylic acid groups (broad SMARTS) is 2. The van der Waals surface area contributed by atoms with Crippen LogP contribution in [0.15, 0.2) is 24.3 Å². The van der Waals surface area contributed by atoms with E-state index in [2.05, 4.69) is 0 Å². The van der Waals surface area contributed by atoms with Gasteiger partial charge in [-0.2, -0.15) is 0 Å². The molecule has 0 aromatic heterocycles. The second kappa shape index (κ2) is 13.8. The maximum atomic E-state index is 9.40. The number of carbonyl (C=O) groups is 2. The van der Waals surface area contributed by atoms with Crippen LogP contribution < -0.4 is 10.2 Å². The minimum atomic E-state index is -1.14. The van der Waals surface area contributed by atoms with E-state index in [1.54, 1.807) is 13.8 Å². The molecule has 0 aliphatic carbocycles. The van der Waals surface area contributed by atoms with Crippen LogP contribution in [0.5, 0.6) is 0 Å². The third-order valence-electron chi connectivity index (χ3n) is 0.605. The summed E-state index contributed by atoms with van der Waals surface area (Å²) in [6.07, 6.45) is 4.77. The van der Waals surface area contributed by atoms with Crippen LogP contribution >= 0.6 is 0 Å². The fourth-order valence-corrected chi connectivity index (χ4v) is 0.272.